The minimum atomic E-state index is -0.625. The van der Waals surface area contributed by atoms with E-state index in [0.717, 1.165) is 49.7 Å². The standard InChI is InChI=1S/C28H37N3O4/c1-21(23-10-12-24(13-11-23)26(32)34-2)30-27(33)28(14-17-31(18-15-28)20-22-8-9-22)29-16-19-35-25-6-4-3-5-7-25/h3-7,10-13,21-22,29H,8-9,14-20H2,1-2H3,(H,30,33). The van der Waals surface area contributed by atoms with Crippen LogP contribution in [0.15, 0.2) is 54.6 Å². The third-order valence-corrected chi connectivity index (χ3v) is 7.11. The summed E-state index contributed by atoms with van der Waals surface area (Å²) in [6.45, 7) is 6.04. The quantitative estimate of drug-likeness (QED) is 0.379. The van der Waals surface area contributed by atoms with Gasteiger partial charge in [-0.1, -0.05) is 30.3 Å². The Labute approximate surface area is 208 Å². The summed E-state index contributed by atoms with van der Waals surface area (Å²) in [6, 6.07) is 16.7. The molecule has 2 fully saturated rings. The molecule has 2 N–H and O–H groups in total. The van der Waals surface area contributed by atoms with Crippen LogP contribution in [0.1, 0.15) is 54.6 Å². The molecule has 1 saturated heterocycles. The van der Waals surface area contributed by atoms with Gasteiger partial charge in [-0.25, -0.2) is 4.79 Å². The molecule has 35 heavy (non-hydrogen) atoms. The molecule has 1 aliphatic heterocycles. The van der Waals surface area contributed by atoms with Crippen LogP contribution in [-0.2, 0) is 9.53 Å². The van der Waals surface area contributed by atoms with Crippen molar-refractivity contribution in [2.24, 2.45) is 5.92 Å². The van der Waals surface area contributed by atoms with Crippen molar-refractivity contribution in [1.82, 2.24) is 15.5 Å². The monoisotopic (exact) mass is 479 g/mol. The van der Waals surface area contributed by atoms with E-state index in [1.807, 2.05) is 49.4 Å². The average molecular weight is 480 g/mol. The summed E-state index contributed by atoms with van der Waals surface area (Å²) >= 11 is 0. The van der Waals surface area contributed by atoms with Crippen LogP contribution in [0.5, 0.6) is 5.75 Å². The highest BCUT2D eigenvalue weighted by Crippen LogP contribution is 2.32. The minimum Gasteiger partial charge on any atom is -0.492 e. The van der Waals surface area contributed by atoms with E-state index >= 15 is 0 Å². The second-order valence-corrected chi connectivity index (χ2v) is 9.72. The first-order valence-electron chi connectivity index (χ1n) is 12.6. The number of rotatable bonds is 11. The second kappa shape index (κ2) is 11.7. The first-order valence-corrected chi connectivity index (χ1v) is 12.6. The number of methoxy groups -OCH3 is 1. The molecule has 188 valence electrons. The van der Waals surface area contributed by atoms with E-state index < -0.39 is 5.54 Å². The fourth-order valence-corrected chi connectivity index (χ4v) is 4.69. The molecule has 1 aliphatic carbocycles. The van der Waals surface area contributed by atoms with Gasteiger partial charge in [-0.3, -0.25) is 10.1 Å². The maximum atomic E-state index is 13.6. The van der Waals surface area contributed by atoms with E-state index in [1.165, 1.54) is 20.0 Å². The lowest BCUT2D eigenvalue weighted by molar-refractivity contribution is -0.130. The lowest BCUT2D eigenvalue weighted by Gasteiger charge is -2.42. The molecular weight excluding hydrogens is 442 g/mol. The summed E-state index contributed by atoms with van der Waals surface area (Å²) in [5.41, 5.74) is 0.814. The van der Waals surface area contributed by atoms with Crippen molar-refractivity contribution >= 4 is 11.9 Å². The summed E-state index contributed by atoms with van der Waals surface area (Å²) in [6.07, 6.45) is 4.21. The summed E-state index contributed by atoms with van der Waals surface area (Å²) in [7, 11) is 1.37. The Balaban J connectivity index is 1.37. The number of para-hydroxylation sites is 1. The zero-order valence-corrected chi connectivity index (χ0v) is 20.8. The number of hydrogen-bond donors (Lipinski definition) is 2. The van der Waals surface area contributed by atoms with Gasteiger partial charge in [0.1, 0.15) is 17.9 Å². The van der Waals surface area contributed by atoms with Crippen molar-refractivity contribution in [2.75, 3.05) is 39.9 Å². The number of ether oxygens (including phenoxy) is 2. The number of hydrogen-bond acceptors (Lipinski definition) is 6. The number of benzene rings is 2. The predicted octanol–water partition coefficient (Wildman–Crippen LogP) is 3.56. The average Bonchev–Trinajstić information content (AvgIpc) is 3.72. The number of nitrogens with one attached hydrogen (secondary N) is 2. The Morgan fingerprint density at radius 2 is 1.74 bits per heavy atom. The smallest absolute Gasteiger partial charge is 0.337 e. The zero-order chi connectivity index (χ0) is 24.7. The number of esters is 1. The Morgan fingerprint density at radius 1 is 1.06 bits per heavy atom. The SMILES string of the molecule is COC(=O)c1ccc(C(C)NC(=O)C2(NCCOc3ccccc3)CCN(CC3CC3)CC2)cc1. The van der Waals surface area contributed by atoms with Gasteiger partial charge in [-0.15, -0.1) is 0 Å². The van der Waals surface area contributed by atoms with E-state index in [2.05, 4.69) is 15.5 Å². The molecule has 0 radical (unpaired) electrons. The van der Waals surface area contributed by atoms with Crippen LogP contribution < -0.4 is 15.4 Å². The number of piperidine rings is 1. The first kappa shape index (κ1) is 25.2. The largest absolute Gasteiger partial charge is 0.492 e. The molecule has 1 amide bonds. The zero-order valence-electron chi connectivity index (χ0n) is 20.8. The molecule has 2 aromatic carbocycles. The third kappa shape index (κ3) is 6.83. The minimum absolute atomic E-state index is 0.0211. The topological polar surface area (TPSA) is 79.9 Å². The van der Waals surface area contributed by atoms with E-state index in [-0.39, 0.29) is 17.9 Å². The lowest BCUT2D eigenvalue weighted by Crippen LogP contribution is -2.62. The van der Waals surface area contributed by atoms with E-state index in [9.17, 15) is 9.59 Å². The number of likely N-dealkylation sites (tertiary alicyclic amines) is 1. The Hall–Kier alpha value is -2.90. The molecule has 7 nitrogen and oxygen atoms in total. The van der Waals surface area contributed by atoms with Crippen LogP contribution in [0.4, 0.5) is 0 Å². The van der Waals surface area contributed by atoms with Crippen molar-refractivity contribution in [2.45, 2.75) is 44.2 Å². The third-order valence-electron chi connectivity index (χ3n) is 7.11. The summed E-state index contributed by atoms with van der Waals surface area (Å²) in [5.74, 6) is 1.33. The van der Waals surface area contributed by atoms with Gasteiger partial charge in [-0.2, -0.15) is 0 Å². The molecule has 1 heterocycles. The molecule has 4 rings (SSSR count). The van der Waals surface area contributed by atoms with Crippen LogP contribution in [-0.4, -0.2) is 62.2 Å². The van der Waals surface area contributed by atoms with E-state index in [1.54, 1.807) is 12.1 Å². The molecular formula is C28H37N3O4. The summed E-state index contributed by atoms with van der Waals surface area (Å²) < 4.78 is 10.6. The molecule has 1 atom stereocenters. The second-order valence-electron chi connectivity index (χ2n) is 9.72. The molecule has 1 saturated carbocycles. The van der Waals surface area contributed by atoms with Crippen LogP contribution in [0, 0.1) is 5.92 Å². The van der Waals surface area contributed by atoms with Crippen molar-refractivity contribution < 1.29 is 19.1 Å². The fourth-order valence-electron chi connectivity index (χ4n) is 4.69. The van der Waals surface area contributed by atoms with Crippen molar-refractivity contribution in [3.05, 3.63) is 65.7 Å². The van der Waals surface area contributed by atoms with Gasteiger partial charge < -0.3 is 19.7 Å². The van der Waals surface area contributed by atoms with Crippen LogP contribution >= 0.6 is 0 Å². The van der Waals surface area contributed by atoms with Crippen molar-refractivity contribution in [3.63, 3.8) is 0 Å². The Morgan fingerprint density at radius 3 is 2.37 bits per heavy atom. The highest BCUT2D eigenvalue weighted by molar-refractivity contribution is 5.89. The van der Waals surface area contributed by atoms with Gasteiger partial charge in [0, 0.05) is 26.2 Å². The highest BCUT2D eigenvalue weighted by Gasteiger charge is 2.42. The molecule has 1 unspecified atom stereocenters. The Kier molecular flexibility index (Phi) is 8.42. The molecule has 7 heteroatoms. The summed E-state index contributed by atoms with van der Waals surface area (Å²) in [4.78, 5) is 27.8. The normalized spacial score (nSPS) is 18.5. The van der Waals surface area contributed by atoms with Crippen LogP contribution in [0.25, 0.3) is 0 Å². The molecule has 2 aromatic rings. The lowest BCUT2D eigenvalue weighted by atomic mass is 9.85. The van der Waals surface area contributed by atoms with Gasteiger partial charge in [-0.05, 0) is 68.4 Å². The van der Waals surface area contributed by atoms with E-state index in [4.69, 9.17) is 9.47 Å². The van der Waals surface area contributed by atoms with Crippen molar-refractivity contribution in [1.29, 1.82) is 0 Å². The van der Waals surface area contributed by atoms with Gasteiger partial charge in [0.2, 0.25) is 5.91 Å². The highest BCUT2D eigenvalue weighted by atomic mass is 16.5. The van der Waals surface area contributed by atoms with Gasteiger partial charge >= 0.3 is 5.97 Å². The van der Waals surface area contributed by atoms with Crippen molar-refractivity contribution in [3.8, 4) is 5.75 Å². The number of nitrogens with zero attached hydrogens (tertiary/aromatic N) is 1. The van der Waals surface area contributed by atoms with Crippen LogP contribution in [0.2, 0.25) is 0 Å². The summed E-state index contributed by atoms with van der Waals surface area (Å²) in [5, 5.41) is 6.78. The number of carbonyl (C=O) groups excluding carboxylic acids is 2. The fraction of sp³-hybridized carbons (Fsp3) is 0.500. The predicted molar refractivity (Wildman–Crippen MR) is 135 cm³/mol. The maximum absolute atomic E-state index is 13.6. The van der Waals surface area contributed by atoms with Gasteiger partial charge in [0.25, 0.3) is 0 Å². The molecule has 0 aromatic heterocycles. The Bertz CT molecular complexity index is 967. The van der Waals surface area contributed by atoms with Crippen LogP contribution in [0.3, 0.4) is 0 Å². The maximum Gasteiger partial charge on any atom is 0.337 e. The van der Waals surface area contributed by atoms with Gasteiger partial charge in [0.15, 0.2) is 0 Å². The first-order chi connectivity index (χ1) is 17.0. The van der Waals surface area contributed by atoms with E-state index in [0.29, 0.717) is 18.7 Å². The molecule has 0 spiro atoms. The molecule has 0 bridgehead atoms. The van der Waals surface area contributed by atoms with Gasteiger partial charge in [0.05, 0.1) is 18.7 Å². The number of carbonyl (C=O) groups is 2. The number of amides is 1. The molecule has 2 aliphatic rings.